The number of nitriles is 1. The van der Waals surface area contributed by atoms with Gasteiger partial charge < -0.3 is 9.84 Å². The average molecular weight is 249 g/mol. The van der Waals surface area contributed by atoms with E-state index >= 15 is 0 Å². The lowest BCUT2D eigenvalue weighted by atomic mass is 9.73. The van der Waals surface area contributed by atoms with Crippen molar-refractivity contribution in [2.45, 2.75) is 25.9 Å². The van der Waals surface area contributed by atoms with Crippen LogP contribution in [0.4, 0.5) is 4.39 Å². The van der Waals surface area contributed by atoms with Crippen molar-refractivity contribution in [3.05, 3.63) is 35.1 Å². The fourth-order valence-electron chi connectivity index (χ4n) is 2.39. The van der Waals surface area contributed by atoms with E-state index in [1.807, 2.05) is 6.92 Å². The second kappa shape index (κ2) is 5.05. The maximum Gasteiger partial charge on any atom is 0.123 e. The summed E-state index contributed by atoms with van der Waals surface area (Å²) in [4.78, 5) is 0. The molecule has 0 radical (unpaired) electrons. The zero-order chi connectivity index (χ0) is 13.2. The Labute approximate surface area is 106 Å². The van der Waals surface area contributed by atoms with Gasteiger partial charge >= 0.3 is 0 Å². The number of nitrogens with zero attached hydrogens (tertiary/aromatic N) is 1. The van der Waals surface area contributed by atoms with Crippen LogP contribution < -0.4 is 0 Å². The zero-order valence-corrected chi connectivity index (χ0v) is 10.3. The fraction of sp³-hybridized carbons (Fsp3) is 0.500. The van der Waals surface area contributed by atoms with Crippen LogP contribution in [-0.2, 0) is 4.74 Å². The molecule has 1 heterocycles. The van der Waals surface area contributed by atoms with Crippen molar-refractivity contribution in [2.24, 2.45) is 5.41 Å². The maximum absolute atomic E-state index is 13.3. The average Bonchev–Trinajstić information content (AvgIpc) is 2.41. The molecule has 1 aliphatic rings. The molecule has 0 spiro atoms. The number of rotatable bonds is 2. The summed E-state index contributed by atoms with van der Waals surface area (Å²) in [6, 6.07) is 6.50. The van der Waals surface area contributed by atoms with Gasteiger partial charge in [-0.25, -0.2) is 4.39 Å². The Hall–Kier alpha value is -1.44. The van der Waals surface area contributed by atoms with Crippen molar-refractivity contribution in [2.75, 3.05) is 13.2 Å². The Morgan fingerprint density at radius 3 is 2.72 bits per heavy atom. The molecular formula is C14H16FNO2. The summed E-state index contributed by atoms with van der Waals surface area (Å²) in [6.07, 6.45) is -0.0246. The molecule has 96 valence electrons. The van der Waals surface area contributed by atoms with Crippen LogP contribution in [0.25, 0.3) is 0 Å². The summed E-state index contributed by atoms with van der Waals surface area (Å²) in [5, 5.41) is 19.8. The SMILES string of the molecule is Cc1ccc(F)cc1C(O)C1(C#N)CCOCC1. The lowest BCUT2D eigenvalue weighted by Gasteiger charge is -2.35. The van der Waals surface area contributed by atoms with E-state index < -0.39 is 17.3 Å². The highest BCUT2D eigenvalue weighted by molar-refractivity contribution is 5.31. The Morgan fingerprint density at radius 2 is 2.11 bits per heavy atom. The second-order valence-electron chi connectivity index (χ2n) is 4.78. The highest BCUT2D eigenvalue weighted by atomic mass is 19.1. The van der Waals surface area contributed by atoms with E-state index in [1.165, 1.54) is 12.1 Å². The summed E-state index contributed by atoms with van der Waals surface area (Å²) in [6.45, 7) is 2.72. The molecule has 3 nitrogen and oxygen atoms in total. The van der Waals surface area contributed by atoms with E-state index in [-0.39, 0.29) is 0 Å². The topological polar surface area (TPSA) is 53.2 Å². The third-order valence-corrected chi connectivity index (χ3v) is 3.67. The van der Waals surface area contributed by atoms with Gasteiger partial charge in [-0.05, 0) is 43.0 Å². The molecule has 1 aliphatic heterocycles. The molecule has 18 heavy (non-hydrogen) atoms. The first-order valence-electron chi connectivity index (χ1n) is 6.02. The minimum absolute atomic E-state index is 0.394. The van der Waals surface area contributed by atoms with E-state index in [0.717, 1.165) is 5.56 Å². The Bertz CT molecular complexity index is 475. The largest absolute Gasteiger partial charge is 0.387 e. The number of halogens is 1. The predicted octanol–water partition coefficient (Wildman–Crippen LogP) is 2.49. The first-order chi connectivity index (χ1) is 8.59. The zero-order valence-electron chi connectivity index (χ0n) is 10.3. The first kappa shape index (κ1) is 13.0. The fourth-order valence-corrected chi connectivity index (χ4v) is 2.39. The third-order valence-electron chi connectivity index (χ3n) is 3.67. The monoisotopic (exact) mass is 249 g/mol. The van der Waals surface area contributed by atoms with Crippen LogP contribution in [0.15, 0.2) is 18.2 Å². The van der Waals surface area contributed by atoms with Crippen molar-refractivity contribution >= 4 is 0 Å². The van der Waals surface area contributed by atoms with Gasteiger partial charge in [0.2, 0.25) is 0 Å². The minimum Gasteiger partial charge on any atom is -0.387 e. The summed E-state index contributed by atoms with van der Waals surface area (Å²) >= 11 is 0. The van der Waals surface area contributed by atoms with Gasteiger partial charge in [-0.1, -0.05) is 6.07 Å². The van der Waals surface area contributed by atoms with Crippen LogP contribution in [-0.4, -0.2) is 18.3 Å². The van der Waals surface area contributed by atoms with Gasteiger partial charge in [-0.2, -0.15) is 5.26 Å². The molecule has 1 fully saturated rings. The Balaban J connectivity index is 2.37. The van der Waals surface area contributed by atoms with E-state index in [4.69, 9.17) is 4.74 Å². The second-order valence-corrected chi connectivity index (χ2v) is 4.78. The lowest BCUT2D eigenvalue weighted by Crippen LogP contribution is -2.34. The predicted molar refractivity (Wildman–Crippen MR) is 64.2 cm³/mol. The highest BCUT2D eigenvalue weighted by Gasteiger charge is 2.41. The van der Waals surface area contributed by atoms with E-state index in [2.05, 4.69) is 6.07 Å². The number of benzene rings is 1. The van der Waals surface area contributed by atoms with Crippen LogP contribution in [0, 0.1) is 29.5 Å². The molecular weight excluding hydrogens is 233 g/mol. The van der Waals surface area contributed by atoms with Crippen molar-refractivity contribution < 1.29 is 14.2 Å². The molecule has 1 unspecified atom stereocenters. The standard InChI is InChI=1S/C14H16FNO2/c1-10-2-3-11(15)8-12(10)13(17)14(9-16)4-6-18-7-5-14/h2-3,8,13,17H,4-7H2,1H3. The van der Waals surface area contributed by atoms with Gasteiger partial charge in [0.1, 0.15) is 5.82 Å². The summed E-state index contributed by atoms with van der Waals surface area (Å²) < 4.78 is 18.5. The van der Waals surface area contributed by atoms with Crippen molar-refractivity contribution in [3.8, 4) is 6.07 Å². The van der Waals surface area contributed by atoms with Gasteiger partial charge in [0, 0.05) is 13.2 Å². The van der Waals surface area contributed by atoms with Crippen molar-refractivity contribution in [1.29, 1.82) is 5.26 Å². The number of ether oxygens (including phenoxy) is 1. The number of aliphatic hydroxyl groups excluding tert-OH is 1. The molecule has 0 amide bonds. The first-order valence-corrected chi connectivity index (χ1v) is 6.02. The molecule has 1 aromatic carbocycles. The minimum atomic E-state index is -0.970. The van der Waals surface area contributed by atoms with Crippen LogP contribution in [0.2, 0.25) is 0 Å². The van der Waals surface area contributed by atoms with E-state index in [0.29, 0.717) is 31.6 Å². The molecule has 0 saturated carbocycles. The molecule has 1 N–H and O–H groups in total. The Kier molecular flexibility index (Phi) is 3.65. The smallest absolute Gasteiger partial charge is 0.123 e. The van der Waals surface area contributed by atoms with Gasteiger partial charge in [0.15, 0.2) is 0 Å². The van der Waals surface area contributed by atoms with Crippen LogP contribution in [0.3, 0.4) is 0 Å². The molecule has 0 bridgehead atoms. The van der Waals surface area contributed by atoms with Crippen molar-refractivity contribution in [1.82, 2.24) is 0 Å². The number of hydrogen-bond acceptors (Lipinski definition) is 3. The lowest BCUT2D eigenvalue weighted by molar-refractivity contribution is -0.0313. The summed E-state index contributed by atoms with van der Waals surface area (Å²) in [5.74, 6) is -0.394. The number of aryl methyl sites for hydroxylation is 1. The number of aliphatic hydroxyl groups is 1. The van der Waals surface area contributed by atoms with Crippen LogP contribution >= 0.6 is 0 Å². The number of hydrogen-bond donors (Lipinski definition) is 1. The van der Waals surface area contributed by atoms with Crippen LogP contribution in [0.1, 0.15) is 30.1 Å². The van der Waals surface area contributed by atoms with Gasteiger partial charge in [0.05, 0.1) is 17.6 Å². The molecule has 0 aliphatic carbocycles. The van der Waals surface area contributed by atoms with Gasteiger partial charge in [-0.15, -0.1) is 0 Å². The van der Waals surface area contributed by atoms with E-state index in [1.54, 1.807) is 6.07 Å². The van der Waals surface area contributed by atoms with Gasteiger partial charge in [-0.3, -0.25) is 0 Å². The normalized spacial score (nSPS) is 20.1. The summed E-state index contributed by atoms with van der Waals surface area (Å²) in [7, 11) is 0. The van der Waals surface area contributed by atoms with Crippen molar-refractivity contribution in [3.63, 3.8) is 0 Å². The third kappa shape index (κ3) is 2.24. The quantitative estimate of drug-likeness (QED) is 0.876. The maximum atomic E-state index is 13.3. The highest BCUT2D eigenvalue weighted by Crippen LogP contribution is 2.42. The molecule has 0 aromatic heterocycles. The Morgan fingerprint density at radius 1 is 1.44 bits per heavy atom. The molecule has 2 rings (SSSR count). The van der Waals surface area contributed by atoms with Crippen LogP contribution in [0.5, 0.6) is 0 Å². The molecule has 1 aromatic rings. The molecule has 1 saturated heterocycles. The summed E-state index contributed by atoms with van der Waals surface area (Å²) in [5.41, 5.74) is 0.431. The van der Waals surface area contributed by atoms with E-state index in [9.17, 15) is 14.8 Å². The van der Waals surface area contributed by atoms with Gasteiger partial charge in [0.25, 0.3) is 0 Å². The molecule has 4 heteroatoms. The molecule has 1 atom stereocenters.